The van der Waals surface area contributed by atoms with Gasteiger partial charge in [0.05, 0.1) is 6.10 Å². The molecule has 0 aromatic carbocycles. The number of ether oxygens (including phenoxy) is 1. The standard InChI is InChI=1S/C10H23NO/c1-4-7-9(11)10(8-5-2)12-6-3/h9-10H,4-8,11H2,1-3H3/t9-,10?/m1/s1. The zero-order valence-electron chi connectivity index (χ0n) is 8.68. The monoisotopic (exact) mass is 173 g/mol. The zero-order chi connectivity index (χ0) is 9.40. The third kappa shape index (κ3) is 4.73. The molecule has 0 aliphatic rings. The molecule has 0 radical (unpaired) electrons. The van der Waals surface area contributed by atoms with Crippen molar-refractivity contribution in [3.63, 3.8) is 0 Å². The summed E-state index contributed by atoms with van der Waals surface area (Å²) < 4.78 is 5.57. The molecule has 0 aromatic heterocycles. The Bertz CT molecular complexity index is 89.8. The van der Waals surface area contributed by atoms with Crippen molar-refractivity contribution >= 4 is 0 Å². The Hall–Kier alpha value is -0.0800. The summed E-state index contributed by atoms with van der Waals surface area (Å²) in [5.74, 6) is 0. The maximum Gasteiger partial charge on any atom is 0.0725 e. The molecule has 2 atom stereocenters. The van der Waals surface area contributed by atoms with E-state index in [-0.39, 0.29) is 12.1 Å². The molecule has 0 aliphatic carbocycles. The second-order valence-corrected chi connectivity index (χ2v) is 3.23. The topological polar surface area (TPSA) is 35.2 Å². The van der Waals surface area contributed by atoms with Gasteiger partial charge in [-0.2, -0.15) is 0 Å². The first-order valence-corrected chi connectivity index (χ1v) is 5.13. The lowest BCUT2D eigenvalue weighted by atomic mass is 10.0. The molecule has 2 nitrogen and oxygen atoms in total. The van der Waals surface area contributed by atoms with Crippen molar-refractivity contribution in [2.24, 2.45) is 5.73 Å². The van der Waals surface area contributed by atoms with Gasteiger partial charge in [-0.15, -0.1) is 0 Å². The van der Waals surface area contributed by atoms with Crippen LogP contribution in [0.15, 0.2) is 0 Å². The molecule has 0 aromatic rings. The summed E-state index contributed by atoms with van der Waals surface area (Å²) in [4.78, 5) is 0. The van der Waals surface area contributed by atoms with Crippen molar-refractivity contribution in [3.8, 4) is 0 Å². The fourth-order valence-electron chi connectivity index (χ4n) is 1.44. The van der Waals surface area contributed by atoms with Crippen LogP contribution >= 0.6 is 0 Å². The molecule has 2 N–H and O–H groups in total. The number of hydrogen-bond acceptors (Lipinski definition) is 2. The van der Waals surface area contributed by atoms with Gasteiger partial charge in [0.15, 0.2) is 0 Å². The molecule has 0 saturated heterocycles. The third-order valence-electron chi connectivity index (χ3n) is 2.05. The molecule has 0 fully saturated rings. The van der Waals surface area contributed by atoms with Crippen LogP contribution in [0.5, 0.6) is 0 Å². The highest BCUT2D eigenvalue weighted by Gasteiger charge is 2.15. The highest BCUT2D eigenvalue weighted by Crippen LogP contribution is 2.09. The lowest BCUT2D eigenvalue weighted by molar-refractivity contribution is 0.0357. The average Bonchev–Trinajstić information content (AvgIpc) is 2.04. The normalized spacial score (nSPS) is 16.0. The quantitative estimate of drug-likeness (QED) is 0.641. The summed E-state index contributed by atoms with van der Waals surface area (Å²) >= 11 is 0. The summed E-state index contributed by atoms with van der Waals surface area (Å²) in [5, 5.41) is 0. The molecule has 74 valence electrons. The Morgan fingerprint density at radius 3 is 2.08 bits per heavy atom. The highest BCUT2D eigenvalue weighted by atomic mass is 16.5. The minimum atomic E-state index is 0.231. The Labute approximate surface area is 76.5 Å². The van der Waals surface area contributed by atoms with Gasteiger partial charge in [0.25, 0.3) is 0 Å². The SMILES string of the molecule is CCCC(OCC)[C@H](N)CCC. The Morgan fingerprint density at radius 1 is 1.08 bits per heavy atom. The summed E-state index contributed by atoms with van der Waals surface area (Å²) in [6.07, 6.45) is 4.75. The van der Waals surface area contributed by atoms with Crippen molar-refractivity contribution < 1.29 is 4.74 Å². The van der Waals surface area contributed by atoms with Crippen molar-refractivity contribution in [2.45, 2.75) is 58.6 Å². The fourth-order valence-corrected chi connectivity index (χ4v) is 1.44. The van der Waals surface area contributed by atoms with Crippen LogP contribution in [-0.4, -0.2) is 18.8 Å². The van der Waals surface area contributed by atoms with Gasteiger partial charge in [-0.1, -0.05) is 26.7 Å². The van der Waals surface area contributed by atoms with Crippen molar-refractivity contribution in [3.05, 3.63) is 0 Å². The van der Waals surface area contributed by atoms with Crippen molar-refractivity contribution in [2.75, 3.05) is 6.61 Å². The van der Waals surface area contributed by atoms with E-state index in [9.17, 15) is 0 Å². The van der Waals surface area contributed by atoms with Crippen LogP contribution in [-0.2, 0) is 4.74 Å². The Kier molecular flexibility index (Phi) is 7.51. The summed E-state index contributed by atoms with van der Waals surface area (Å²) in [6, 6.07) is 0.231. The van der Waals surface area contributed by atoms with E-state index in [0.717, 1.165) is 32.3 Å². The van der Waals surface area contributed by atoms with E-state index in [4.69, 9.17) is 10.5 Å². The molecule has 0 amide bonds. The van der Waals surface area contributed by atoms with Crippen LogP contribution < -0.4 is 5.73 Å². The van der Waals surface area contributed by atoms with E-state index in [1.54, 1.807) is 0 Å². The maximum atomic E-state index is 5.98. The zero-order valence-corrected chi connectivity index (χ0v) is 8.68. The molecule has 0 spiro atoms. The largest absolute Gasteiger partial charge is 0.377 e. The number of nitrogens with two attached hydrogens (primary N) is 1. The molecule has 0 saturated carbocycles. The molecule has 2 heteroatoms. The molecule has 0 heterocycles. The predicted molar refractivity (Wildman–Crippen MR) is 53.2 cm³/mol. The van der Waals surface area contributed by atoms with Gasteiger partial charge in [0, 0.05) is 12.6 Å². The van der Waals surface area contributed by atoms with Crippen LogP contribution in [0.1, 0.15) is 46.5 Å². The third-order valence-corrected chi connectivity index (χ3v) is 2.05. The smallest absolute Gasteiger partial charge is 0.0725 e. The van der Waals surface area contributed by atoms with E-state index >= 15 is 0 Å². The minimum absolute atomic E-state index is 0.231. The van der Waals surface area contributed by atoms with E-state index in [1.807, 2.05) is 6.92 Å². The van der Waals surface area contributed by atoms with Gasteiger partial charge in [0.1, 0.15) is 0 Å². The van der Waals surface area contributed by atoms with Crippen molar-refractivity contribution in [1.82, 2.24) is 0 Å². The highest BCUT2D eigenvalue weighted by molar-refractivity contribution is 4.72. The maximum absolute atomic E-state index is 5.98. The van der Waals surface area contributed by atoms with Crippen LogP contribution in [0.4, 0.5) is 0 Å². The molecular weight excluding hydrogens is 150 g/mol. The lowest BCUT2D eigenvalue weighted by Gasteiger charge is -2.22. The summed E-state index contributed by atoms with van der Waals surface area (Å²) in [7, 11) is 0. The van der Waals surface area contributed by atoms with Crippen LogP contribution in [0.25, 0.3) is 0 Å². The van der Waals surface area contributed by atoms with E-state index in [0.29, 0.717) is 0 Å². The summed E-state index contributed by atoms with van der Waals surface area (Å²) in [5.41, 5.74) is 5.98. The van der Waals surface area contributed by atoms with Crippen LogP contribution in [0.3, 0.4) is 0 Å². The van der Waals surface area contributed by atoms with E-state index < -0.39 is 0 Å². The molecule has 1 unspecified atom stereocenters. The molecule has 0 rings (SSSR count). The van der Waals surface area contributed by atoms with Gasteiger partial charge >= 0.3 is 0 Å². The molecule has 0 aliphatic heterocycles. The summed E-state index contributed by atoms with van der Waals surface area (Å²) in [6.45, 7) is 7.14. The second-order valence-electron chi connectivity index (χ2n) is 3.23. The van der Waals surface area contributed by atoms with Gasteiger partial charge in [-0.25, -0.2) is 0 Å². The van der Waals surface area contributed by atoms with Gasteiger partial charge in [-0.05, 0) is 19.8 Å². The van der Waals surface area contributed by atoms with Gasteiger partial charge in [0.2, 0.25) is 0 Å². The van der Waals surface area contributed by atoms with Crippen LogP contribution in [0, 0.1) is 0 Å². The Balaban J connectivity index is 3.72. The minimum Gasteiger partial charge on any atom is -0.377 e. The lowest BCUT2D eigenvalue weighted by Crippen LogP contribution is -2.36. The molecular formula is C10H23NO. The van der Waals surface area contributed by atoms with Crippen molar-refractivity contribution in [1.29, 1.82) is 0 Å². The first-order valence-electron chi connectivity index (χ1n) is 5.13. The first-order chi connectivity index (χ1) is 5.76. The predicted octanol–water partition coefficient (Wildman–Crippen LogP) is 2.32. The fraction of sp³-hybridized carbons (Fsp3) is 1.00. The van der Waals surface area contributed by atoms with Gasteiger partial charge < -0.3 is 10.5 Å². The average molecular weight is 173 g/mol. The van der Waals surface area contributed by atoms with Crippen LogP contribution in [0.2, 0.25) is 0 Å². The number of hydrogen-bond donors (Lipinski definition) is 1. The van der Waals surface area contributed by atoms with Gasteiger partial charge in [-0.3, -0.25) is 0 Å². The number of rotatable bonds is 7. The second kappa shape index (κ2) is 7.56. The molecule has 0 bridgehead atoms. The van der Waals surface area contributed by atoms with E-state index in [1.165, 1.54) is 0 Å². The molecule has 12 heavy (non-hydrogen) atoms. The first kappa shape index (κ1) is 11.9. The van der Waals surface area contributed by atoms with E-state index in [2.05, 4.69) is 13.8 Å². The Morgan fingerprint density at radius 2 is 1.67 bits per heavy atom.